The van der Waals surface area contributed by atoms with Crippen LogP contribution in [0, 0.1) is 22.5 Å². The Balaban J connectivity index is 1.31. The van der Waals surface area contributed by atoms with Crippen LogP contribution in [0.15, 0.2) is 65.1 Å². The number of benzene rings is 2. The number of nitrogens with one attached hydrogen (secondary N) is 1. The van der Waals surface area contributed by atoms with Crippen LogP contribution in [0.25, 0.3) is 17.4 Å². The highest BCUT2D eigenvalue weighted by atomic mass is 16.6. The molecule has 9 nitrogen and oxygen atoms in total. The van der Waals surface area contributed by atoms with Gasteiger partial charge in [-0.15, -0.1) is 0 Å². The molecule has 0 radical (unpaired) electrons. The van der Waals surface area contributed by atoms with Crippen molar-refractivity contribution in [3.63, 3.8) is 0 Å². The largest absolute Gasteiger partial charge is 0.457 e. The lowest BCUT2D eigenvalue weighted by Gasteiger charge is -2.38. The summed E-state index contributed by atoms with van der Waals surface area (Å²) in [6.07, 6.45) is 2.97. The van der Waals surface area contributed by atoms with Gasteiger partial charge in [-0.2, -0.15) is 0 Å². The second kappa shape index (κ2) is 10.9. The van der Waals surface area contributed by atoms with Crippen LogP contribution in [0.3, 0.4) is 0 Å². The normalized spacial score (nSPS) is 14.1. The number of piperazine rings is 1. The van der Waals surface area contributed by atoms with Crippen molar-refractivity contribution in [1.29, 1.82) is 0 Å². The van der Waals surface area contributed by atoms with Gasteiger partial charge in [0.1, 0.15) is 11.5 Å². The molecule has 0 atom stereocenters. The Morgan fingerprint density at radius 2 is 1.68 bits per heavy atom. The highest BCUT2D eigenvalue weighted by Gasteiger charge is 2.29. The summed E-state index contributed by atoms with van der Waals surface area (Å²) in [5, 5.41) is 13.8. The SMILES string of the molecule is Cc1cc([N+](=O)[O-])ccc1-c1ccc(/C=C/C(=O)Nc2ccc(N3CCN(C(=O)C(C)(C)C)CC3)cc2)o1. The van der Waals surface area contributed by atoms with Crippen LogP contribution in [0.5, 0.6) is 0 Å². The molecule has 2 heterocycles. The number of hydrogen-bond donors (Lipinski definition) is 1. The van der Waals surface area contributed by atoms with Crippen molar-refractivity contribution in [3.05, 3.63) is 82.1 Å². The number of non-ortho nitro benzene ring substituents is 1. The van der Waals surface area contributed by atoms with E-state index in [-0.39, 0.29) is 22.9 Å². The van der Waals surface area contributed by atoms with E-state index in [9.17, 15) is 19.7 Å². The quantitative estimate of drug-likeness (QED) is 0.263. The second-order valence-electron chi connectivity index (χ2n) is 10.4. The molecular weight excluding hydrogens is 484 g/mol. The molecule has 38 heavy (non-hydrogen) atoms. The topological polar surface area (TPSA) is 109 Å². The molecule has 1 aliphatic rings. The summed E-state index contributed by atoms with van der Waals surface area (Å²) in [6.45, 7) is 10.5. The number of amides is 2. The number of nitrogens with zero attached hydrogens (tertiary/aromatic N) is 3. The van der Waals surface area contributed by atoms with Gasteiger partial charge in [0.05, 0.1) is 4.92 Å². The number of carbonyl (C=O) groups excluding carboxylic acids is 2. The zero-order valence-electron chi connectivity index (χ0n) is 22.1. The number of nitro groups is 1. The molecule has 1 saturated heterocycles. The van der Waals surface area contributed by atoms with Crippen molar-refractivity contribution in [2.75, 3.05) is 36.4 Å². The third-order valence-electron chi connectivity index (χ3n) is 6.42. The third kappa shape index (κ3) is 6.29. The van der Waals surface area contributed by atoms with Gasteiger partial charge in [-0.05, 0) is 61.0 Å². The fraction of sp³-hybridized carbons (Fsp3) is 0.310. The molecule has 1 aromatic heterocycles. The molecule has 198 valence electrons. The van der Waals surface area contributed by atoms with Gasteiger partial charge in [0, 0.05) is 66.7 Å². The number of carbonyl (C=O) groups is 2. The van der Waals surface area contributed by atoms with Crippen LogP contribution in [0.4, 0.5) is 17.1 Å². The molecule has 3 aromatic rings. The average molecular weight is 517 g/mol. The monoisotopic (exact) mass is 516 g/mol. The number of aryl methyl sites for hydroxylation is 1. The number of furan rings is 1. The van der Waals surface area contributed by atoms with E-state index in [0.717, 1.165) is 29.9 Å². The molecule has 0 saturated carbocycles. The lowest BCUT2D eigenvalue weighted by atomic mass is 9.94. The summed E-state index contributed by atoms with van der Waals surface area (Å²) in [6, 6.07) is 15.7. The van der Waals surface area contributed by atoms with Gasteiger partial charge < -0.3 is 19.5 Å². The van der Waals surface area contributed by atoms with E-state index in [4.69, 9.17) is 4.42 Å². The van der Waals surface area contributed by atoms with Crippen molar-refractivity contribution >= 4 is 35.0 Å². The Bertz CT molecular complexity index is 1360. The summed E-state index contributed by atoms with van der Waals surface area (Å²) < 4.78 is 5.81. The van der Waals surface area contributed by atoms with Gasteiger partial charge in [-0.25, -0.2) is 0 Å². The summed E-state index contributed by atoms with van der Waals surface area (Å²) in [7, 11) is 0. The minimum Gasteiger partial charge on any atom is -0.457 e. The van der Waals surface area contributed by atoms with E-state index >= 15 is 0 Å². The molecule has 0 unspecified atom stereocenters. The van der Waals surface area contributed by atoms with Gasteiger partial charge in [0.25, 0.3) is 5.69 Å². The molecule has 1 aliphatic heterocycles. The highest BCUT2D eigenvalue weighted by Crippen LogP contribution is 2.29. The highest BCUT2D eigenvalue weighted by molar-refractivity contribution is 6.01. The van der Waals surface area contributed by atoms with Crippen LogP contribution in [0.2, 0.25) is 0 Å². The molecule has 0 bridgehead atoms. The lowest BCUT2D eigenvalue weighted by Crippen LogP contribution is -2.51. The molecule has 1 N–H and O–H groups in total. The zero-order valence-corrected chi connectivity index (χ0v) is 22.1. The van der Waals surface area contributed by atoms with E-state index in [0.29, 0.717) is 30.3 Å². The zero-order chi connectivity index (χ0) is 27.4. The Hall–Kier alpha value is -4.40. The number of nitro benzene ring substituents is 1. The van der Waals surface area contributed by atoms with E-state index < -0.39 is 4.92 Å². The Morgan fingerprint density at radius 1 is 1.00 bits per heavy atom. The first kappa shape index (κ1) is 26.7. The third-order valence-corrected chi connectivity index (χ3v) is 6.42. The maximum absolute atomic E-state index is 12.5. The van der Waals surface area contributed by atoms with Gasteiger partial charge in [-0.1, -0.05) is 20.8 Å². The number of anilines is 2. The van der Waals surface area contributed by atoms with E-state index in [1.165, 1.54) is 18.2 Å². The first-order valence-corrected chi connectivity index (χ1v) is 12.5. The van der Waals surface area contributed by atoms with Crippen molar-refractivity contribution < 1.29 is 18.9 Å². The predicted molar refractivity (Wildman–Crippen MR) is 148 cm³/mol. The molecule has 0 spiro atoms. The first-order valence-electron chi connectivity index (χ1n) is 12.5. The average Bonchev–Trinajstić information content (AvgIpc) is 3.36. The molecular formula is C29H32N4O5. The minimum absolute atomic E-state index is 0.0257. The fourth-order valence-electron chi connectivity index (χ4n) is 4.36. The molecule has 0 aliphatic carbocycles. The predicted octanol–water partition coefficient (Wildman–Crippen LogP) is 5.51. The first-order chi connectivity index (χ1) is 18.0. The maximum atomic E-state index is 12.5. The Kier molecular flexibility index (Phi) is 7.66. The molecule has 9 heteroatoms. The van der Waals surface area contributed by atoms with Gasteiger partial charge in [0.15, 0.2) is 0 Å². The maximum Gasteiger partial charge on any atom is 0.269 e. The molecule has 2 aromatic carbocycles. The number of rotatable bonds is 6. The van der Waals surface area contributed by atoms with Crippen molar-refractivity contribution in [1.82, 2.24) is 4.90 Å². The van der Waals surface area contributed by atoms with Crippen LogP contribution < -0.4 is 10.2 Å². The molecule has 4 rings (SSSR count). The molecule has 1 fully saturated rings. The summed E-state index contributed by atoms with van der Waals surface area (Å²) in [4.78, 5) is 39.6. The van der Waals surface area contributed by atoms with Gasteiger partial charge in [-0.3, -0.25) is 19.7 Å². The van der Waals surface area contributed by atoms with Crippen molar-refractivity contribution in [3.8, 4) is 11.3 Å². The second-order valence-corrected chi connectivity index (χ2v) is 10.4. The van der Waals surface area contributed by atoms with Crippen LogP contribution in [-0.2, 0) is 9.59 Å². The smallest absolute Gasteiger partial charge is 0.269 e. The Morgan fingerprint density at radius 3 is 2.29 bits per heavy atom. The summed E-state index contributed by atoms with van der Waals surface area (Å²) >= 11 is 0. The van der Waals surface area contributed by atoms with Crippen LogP contribution in [-0.4, -0.2) is 47.8 Å². The molecule has 2 amide bonds. The van der Waals surface area contributed by atoms with E-state index in [2.05, 4.69) is 10.2 Å². The van der Waals surface area contributed by atoms with Crippen molar-refractivity contribution in [2.45, 2.75) is 27.7 Å². The van der Waals surface area contributed by atoms with E-state index in [1.54, 1.807) is 31.2 Å². The minimum atomic E-state index is -0.433. The Labute approximate surface area is 221 Å². The van der Waals surface area contributed by atoms with Crippen LogP contribution in [0.1, 0.15) is 32.1 Å². The van der Waals surface area contributed by atoms with E-state index in [1.807, 2.05) is 49.9 Å². The number of hydrogen-bond acceptors (Lipinski definition) is 6. The van der Waals surface area contributed by atoms with Gasteiger partial charge >= 0.3 is 0 Å². The fourth-order valence-corrected chi connectivity index (χ4v) is 4.36. The summed E-state index contributed by atoms with van der Waals surface area (Å²) in [5.41, 5.74) is 2.85. The van der Waals surface area contributed by atoms with Gasteiger partial charge in [0.2, 0.25) is 11.8 Å². The van der Waals surface area contributed by atoms with Crippen LogP contribution >= 0.6 is 0 Å². The lowest BCUT2D eigenvalue weighted by molar-refractivity contribution is -0.384. The summed E-state index contributed by atoms with van der Waals surface area (Å²) in [5.74, 6) is 0.941. The standard InChI is InChI=1S/C29H32N4O5/c1-20-19-23(33(36)37)9-12-25(20)26-13-10-24(38-26)11-14-27(34)30-21-5-7-22(8-6-21)31-15-17-32(18-16-31)28(35)29(2,3)4/h5-14,19H,15-18H2,1-4H3,(H,30,34)/b14-11+. The van der Waals surface area contributed by atoms with Crippen molar-refractivity contribution in [2.24, 2.45) is 5.41 Å².